The average Bonchev–Trinajstić information content (AvgIpc) is 2.81. The Bertz CT molecular complexity index is 391. The van der Waals surface area contributed by atoms with E-state index in [1.165, 1.54) is 18.4 Å². The number of ether oxygens (including phenoxy) is 2. The van der Waals surface area contributed by atoms with Gasteiger partial charge in [0.05, 0.1) is 18.6 Å². The molecule has 1 aromatic heterocycles. The molecule has 0 N–H and O–H groups in total. The lowest BCUT2D eigenvalue weighted by molar-refractivity contribution is -0.169. The van der Waals surface area contributed by atoms with E-state index in [0.29, 0.717) is 4.88 Å². The summed E-state index contributed by atoms with van der Waals surface area (Å²) in [5, 5.41) is 1.77. The monoisotopic (exact) mass is 250 g/mol. The second-order valence-corrected chi connectivity index (χ2v) is 4.31. The fraction of sp³-hybridized carbons (Fsp3) is 0.400. The van der Waals surface area contributed by atoms with Gasteiger partial charge in [-0.1, -0.05) is 6.07 Å². The van der Waals surface area contributed by atoms with Gasteiger partial charge in [0.25, 0.3) is 0 Å². The Hall–Kier alpha value is -1.01. The molecule has 1 aromatic rings. The van der Waals surface area contributed by atoms with Crippen LogP contribution in [0.25, 0.3) is 5.76 Å². The largest absolute Gasteiger partial charge is 0.495 e. The van der Waals surface area contributed by atoms with Crippen LogP contribution in [0, 0.1) is 0 Å². The first-order valence-corrected chi connectivity index (χ1v) is 5.38. The minimum Gasteiger partial charge on any atom is -0.495 e. The van der Waals surface area contributed by atoms with E-state index in [-0.39, 0.29) is 12.4 Å². The molecule has 1 atom stereocenters. The van der Waals surface area contributed by atoms with Gasteiger partial charge in [0.2, 0.25) is 5.60 Å². The van der Waals surface area contributed by atoms with Crippen LogP contribution in [-0.2, 0) is 9.47 Å². The molecule has 1 aliphatic heterocycles. The summed E-state index contributed by atoms with van der Waals surface area (Å²) in [6.07, 6.45) is -3.40. The number of hydrogen-bond acceptors (Lipinski definition) is 3. The Kier molecular flexibility index (Phi) is 2.71. The summed E-state index contributed by atoms with van der Waals surface area (Å²) in [6, 6.07) is 3.45. The molecule has 2 heterocycles. The lowest BCUT2D eigenvalue weighted by Crippen LogP contribution is -2.31. The summed E-state index contributed by atoms with van der Waals surface area (Å²) in [5.74, 6) is 0.199. The quantitative estimate of drug-likeness (QED) is 0.607. The molecule has 0 aromatic carbocycles. The number of halogens is 3. The zero-order valence-corrected chi connectivity index (χ0v) is 9.19. The number of epoxide rings is 1. The molecule has 6 heteroatoms. The van der Waals surface area contributed by atoms with Gasteiger partial charge in [-0.2, -0.15) is 13.2 Å². The van der Waals surface area contributed by atoms with Crippen molar-refractivity contribution >= 4 is 17.1 Å². The first kappa shape index (κ1) is 11.5. The van der Waals surface area contributed by atoms with E-state index < -0.39 is 11.8 Å². The van der Waals surface area contributed by atoms with E-state index in [1.807, 2.05) is 0 Å². The third-order valence-electron chi connectivity index (χ3n) is 2.28. The van der Waals surface area contributed by atoms with Crippen LogP contribution in [0.15, 0.2) is 23.6 Å². The number of methoxy groups -OCH3 is 1. The summed E-state index contributed by atoms with van der Waals surface area (Å²) < 4.78 is 47.3. The Morgan fingerprint density at radius 3 is 2.69 bits per heavy atom. The minimum atomic E-state index is -4.39. The molecule has 2 nitrogen and oxygen atoms in total. The molecule has 2 rings (SSSR count). The minimum absolute atomic E-state index is 0.199. The number of alkyl halides is 3. The molecule has 0 saturated carbocycles. The highest BCUT2D eigenvalue weighted by Gasteiger charge is 2.65. The van der Waals surface area contributed by atoms with Crippen molar-refractivity contribution in [3.63, 3.8) is 0 Å². The lowest BCUT2D eigenvalue weighted by Gasteiger charge is -2.13. The molecular formula is C10H9F3O2S. The van der Waals surface area contributed by atoms with E-state index in [2.05, 4.69) is 4.74 Å². The van der Waals surface area contributed by atoms with Gasteiger partial charge < -0.3 is 9.47 Å². The fourth-order valence-electron chi connectivity index (χ4n) is 1.27. The summed E-state index contributed by atoms with van der Waals surface area (Å²) in [5.41, 5.74) is -2.15. The van der Waals surface area contributed by atoms with Crippen LogP contribution < -0.4 is 0 Å². The zero-order valence-electron chi connectivity index (χ0n) is 8.38. The molecule has 0 spiro atoms. The fourth-order valence-corrected chi connectivity index (χ4v) is 1.99. The smallest absolute Gasteiger partial charge is 0.423 e. The van der Waals surface area contributed by atoms with E-state index in [4.69, 9.17) is 4.74 Å². The first-order valence-electron chi connectivity index (χ1n) is 4.50. The van der Waals surface area contributed by atoms with Crippen molar-refractivity contribution in [2.45, 2.75) is 11.8 Å². The van der Waals surface area contributed by atoms with Crippen LogP contribution in [0.3, 0.4) is 0 Å². The topological polar surface area (TPSA) is 21.8 Å². The van der Waals surface area contributed by atoms with E-state index >= 15 is 0 Å². The van der Waals surface area contributed by atoms with Gasteiger partial charge in [-0.25, -0.2) is 0 Å². The van der Waals surface area contributed by atoms with Gasteiger partial charge in [0.1, 0.15) is 5.76 Å². The highest BCUT2D eigenvalue weighted by molar-refractivity contribution is 7.11. The molecule has 1 unspecified atom stereocenters. The van der Waals surface area contributed by atoms with Crippen LogP contribution in [0.2, 0.25) is 0 Å². The van der Waals surface area contributed by atoms with Gasteiger partial charge in [-0.05, 0) is 11.4 Å². The van der Waals surface area contributed by atoms with Gasteiger partial charge in [-0.3, -0.25) is 0 Å². The van der Waals surface area contributed by atoms with E-state index in [1.54, 1.807) is 17.5 Å². The molecule has 16 heavy (non-hydrogen) atoms. The predicted molar refractivity (Wildman–Crippen MR) is 54.0 cm³/mol. The average molecular weight is 250 g/mol. The molecular weight excluding hydrogens is 241 g/mol. The molecule has 1 fully saturated rings. The normalized spacial score (nSPS) is 25.6. The molecule has 0 bridgehead atoms. The first-order chi connectivity index (χ1) is 7.48. The van der Waals surface area contributed by atoms with Crippen molar-refractivity contribution < 1.29 is 22.6 Å². The molecule has 1 saturated heterocycles. The van der Waals surface area contributed by atoms with Crippen molar-refractivity contribution in [3.8, 4) is 0 Å². The number of rotatable bonds is 3. The van der Waals surface area contributed by atoms with Gasteiger partial charge >= 0.3 is 6.18 Å². The van der Waals surface area contributed by atoms with Crippen LogP contribution >= 0.6 is 11.3 Å². The Morgan fingerprint density at radius 2 is 2.31 bits per heavy atom. The number of hydrogen-bond donors (Lipinski definition) is 0. The summed E-state index contributed by atoms with van der Waals surface area (Å²) in [4.78, 5) is 0.654. The lowest BCUT2D eigenvalue weighted by atomic mass is 10.1. The van der Waals surface area contributed by atoms with Crippen molar-refractivity contribution in [3.05, 3.63) is 28.5 Å². The van der Waals surface area contributed by atoms with Crippen molar-refractivity contribution in [2.24, 2.45) is 0 Å². The molecule has 0 amide bonds. The van der Waals surface area contributed by atoms with Crippen LogP contribution in [0.1, 0.15) is 4.88 Å². The third-order valence-corrected chi connectivity index (χ3v) is 3.17. The van der Waals surface area contributed by atoms with Crippen molar-refractivity contribution in [1.29, 1.82) is 0 Å². The molecule has 0 radical (unpaired) electrons. The number of thiophene rings is 1. The second kappa shape index (κ2) is 3.78. The Balaban J connectivity index is 2.29. The molecule has 1 aliphatic rings. The Labute approximate surface area is 94.3 Å². The highest BCUT2D eigenvalue weighted by Crippen LogP contribution is 2.46. The van der Waals surface area contributed by atoms with Gasteiger partial charge in [-0.15, -0.1) is 11.3 Å². The maximum absolute atomic E-state index is 12.6. The highest BCUT2D eigenvalue weighted by atomic mass is 32.1. The molecule has 0 aliphatic carbocycles. The maximum Gasteiger partial charge on any atom is 0.423 e. The standard InChI is InChI=1S/C10H9F3O2S/c1-14-7(8-3-2-4-16-8)5-9(6-15-9)10(11,12)13/h2-5H,6H2,1H3/b7-5-. The van der Waals surface area contributed by atoms with E-state index in [9.17, 15) is 13.2 Å². The SMILES string of the molecule is CO/C(=C\C1(C(F)(F)F)CO1)c1cccs1. The van der Waals surface area contributed by atoms with Crippen LogP contribution in [-0.4, -0.2) is 25.5 Å². The van der Waals surface area contributed by atoms with Crippen LogP contribution in [0.5, 0.6) is 0 Å². The van der Waals surface area contributed by atoms with Crippen LogP contribution in [0.4, 0.5) is 13.2 Å². The van der Waals surface area contributed by atoms with Gasteiger partial charge in [0, 0.05) is 6.08 Å². The van der Waals surface area contributed by atoms with Crippen molar-refractivity contribution in [1.82, 2.24) is 0 Å². The van der Waals surface area contributed by atoms with Crippen molar-refractivity contribution in [2.75, 3.05) is 13.7 Å². The second-order valence-electron chi connectivity index (χ2n) is 3.37. The summed E-state index contributed by atoms with van der Waals surface area (Å²) >= 11 is 1.32. The third kappa shape index (κ3) is 1.94. The predicted octanol–water partition coefficient (Wildman–Crippen LogP) is 3.07. The van der Waals surface area contributed by atoms with Gasteiger partial charge in [0.15, 0.2) is 0 Å². The molecule has 88 valence electrons. The summed E-state index contributed by atoms with van der Waals surface area (Å²) in [6.45, 7) is -0.339. The Morgan fingerprint density at radius 1 is 1.62 bits per heavy atom. The van der Waals surface area contributed by atoms with E-state index in [0.717, 1.165) is 6.08 Å². The summed E-state index contributed by atoms with van der Waals surface area (Å²) in [7, 11) is 1.35. The maximum atomic E-state index is 12.6. The zero-order chi connectivity index (χ0) is 11.8.